The Morgan fingerprint density at radius 2 is 1.75 bits per heavy atom. The summed E-state index contributed by atoms with van der Waals surface area (Å²) >= 11 is 0. The number of pyridine rings is 1. The van der Waals surface area contributed by atoms with Gasteiger partial charge in [0.05, 0.1) is 30.7 Å². The van der Waals surface area contributed by atoms with Gasteiger partial charge in [0.1, 0.15) is 17.7 Å². The minimum atomic E-state index is -0.394. The lowest BCUT2D eigenvalue weighted by Crippen LogP contribution is -2.41. The van der Waals surface area contributed by atoms with Gasteiger partial charge >= 0.3 is 6.03 Å². The Bertz CT molecular complexity index is 1900. The van der Waals surface area contributed by atoms with Gasteiger partial charge in [0, 0.05) is 42.5 Å². The number of urea groups is 1. The first-order valence-corrected chi connectivity index (χ1v) is 18.9. The Morgan fingerprint density at radius 3 is 2.54 bits per heavy atom. The molecule has 1 aliphatic carbocycles. The number of amides is 2. The zero-order valence-corrected chi connectivity index (χ0v) is 30.9. The molecule has 3 atom stereocenters. The SMILES string of the molecule is C[C@H]1CCCCN1c1nnc2ccc(O[C@@H]3CC[C@H](NC(=O)N/C(=C/C(=N)C(C)(C)C)Nc4cnn(CCN5CCCC5)c4)c4ccccc43)cn12. The van der Waals surface area contributed by atoms with Crippen molar-refractivity contribution < 1.29 is 9.53 Å². The monoisotopic (exact) mass is 707 g/mol. The molecule has 276 valence electrons. The van der Waals surface area contributed by atoms with Crippen LogP contribution in [0.2, 0.25) is 0 Å². The summed E-state index contributed by atoms with van der Waals surface area (Å²) < 4.78 is 10.6. The fourth-order valence-electron chi connectivity index (χ4n) is 7.44. The number of allylic oxidation sites excluding steroid dienone is 1. The normalized spacial score (nSPS) is 21.2. The highest BCUT2D eigenvalue weighted by Crippen LogP contribution is 2.39. The van der Waals surface area contributed by atoms with E-state index >= 15 is 0 Å². The molecule has 7 rings (SSSR count). The molecule has 2 amide bonds. The molecule has 0 radical (unpaired) electrons. The van der Waals surface area contributed by atoms with Crippen molar-refractivity contribution in [2.24, 2.45) is 5.41 Å². The van der Waals surface area contributed by atoms with Crippen LogP contribution in [-0.4, -0.2) is 73.2 Å². The number of piperidine rings is 1. The predicted molar refractivity (Wildman–Crippen MR) is 204 cm³/mol. The second kappa shape index (κ2) is 15.4. The largest absolute Gasteiger partial charge is 0.484 e. The molecule has 4 aromatic rings. The molecule has 5 heterocycles. The van der Waals surface area contributed by atoms with Crippen molar-refractivity contribution in [3.05, 3.63) is 78.0 Å². The highest BCUT2D eigenvalue weighted by molar-refractivity contribution is 5.97. The summed E-state index contributed by atoms with van der Waals surface area (Å²) in [4.78, 5) is 18.4. The number of hydrogen-bond acceptors (Lipinski definition) is 9. The second-order valence-electron chi connectivity index (χ2n) is 15.5. The van der Waals surface area contributed by atoms with E-state index in [1.165, 1.54) is 19.3 Å². The van der Waals surface area contributed by atoms with E-state index < -0.39 is 5.41 Å². The van der Waals surface area contributed by atoms with Crippen LogP contribution in [0.5, 0.6) is 5.75 Å². The van der Waals surface area contributed by atoms with Gasteiger partial charge in [-0.1, -0.05) is 45.0 Å². The number of nitrogens with one attached hydrogen (secondary N) is 4. The van der Waals surface area contributed by atoms with E-state index in [0.29, 0.717) is 24.0 Å². The lowest BCUT2D eigenvalue weighted by Gasteiger charge is -2.33. The third-order valence-electron chi connectivity index (χ3n) is 10.5. The number of benzene rings is 1. The summed E-state index contributed by atoms with van der Waals surface area (Å²) in [6, 6.07) is 12.0. The van der Waals surface area contributed by atoms with E-state index in [1.807, 2.05) is 66.5 Å². The van der Waals surface area contributed by atoms with Crippen LogP contribution in [0.4, 0.5) is 16.4 Å². The topological polar surface area (TPSA) is 141 Å². The number of rotatable bonds is 11. The zero-order chi connectivity index (χ0) is 36.2. The fourth-order valence-corrected chi connectivity index (χ4v) is 7.44. The maximum atomic E-state index is 13.6. The van der Waals surface area contributed by atoms with Gasteiger partial charge in [0.2, 0.25) is 5.95 Å². The maximum absolute atomic E-state index is 13.6. The number of hydrogen-bond donors (Lipinski definition) is 4. The number of carbonyl (C=O) groups excluding carboxylic acids is 1. The molecule has 0 saturated carbocycles. The van der Waals surface area contributed by atoms with Crippen molar-refractivity contribution >= 4 is 29.0 Å². The number of aromatic nitrogens is 5. The Hall–Kier alpha value is -4.91. The van der Waals surface area contributed by atoms with E-state index in [1.54, 1.807) is 12.3 Å². The molecular formula is C39H53N11O2. The third kappa shape index (κ3) is 8.25. The smallest absolute Gasteiger partial charge is 0.320 e. The molecule has 3 aliphatic rings. The molecule has 1 aromatic carbocycles. The molecule has 2 saturated heterocycles. The van der Waals surface area contributed by atoms with Crippen molar-refractivity contribution in [3.63, 3.8) is 0 Å². The lowest BCUT2D eigenvalue weighted by atomic mass is 9.85. The van der Waals surface area contributed by atoms with Gasteiger partial charge in [0.15, 0.2) is 5.65 Å². The van der Waals surface area contributed by atoms with E-state index in [2.05, 4.69) is 60.1 Å². The van der Waals surface area contributed by atoms with Gasteiger partial charge in [0.25, 0.3) is 0 Å². The van der Waals surface area contributed by atoms with Crippen LogP contribution in [-0.2, 0) is 6.54 Å². The van der Waals surface area contributed by atoms with E-state index in [-0.39, 0.29) is 18.2 Å². The predicted octanol–water partition coefficient (Wildman–Crippen LogP) is 6.67. The minimum Gasteiger partial charge on any atom is -0.484 e. The molecule has 4 N–H and O–H groups in total. The average molecular weight is 708 g/mol. The molecule has 0 bridgehead atoms. The Kier molecular flexibility index (Phi) is 10.5. The van der Waals surface area contributed by atoms with Crippen molar-refractivity contribution in [1.29, 1.82) is 5.41 Å². The Labute approximate surface area is 306 Å². The van der Waals surface area contributed by atoms with Crippen LogP contribution in [0.25, 0.3) is 5.65 Å². The van der Waals surface area contributed by atoms with Crippen LogP contribution in [0, 0.1) is 10.8 Å². The zero-order valence-electron chi connectivity index (χ0n) is 30.9. The standard InChI is InChI=1S/C39H53N11O2/c1-27-11-7-8-20-49(27)38-46-45-36-17-14-29(26-50(36)38)52-33-16-15-32(30-12-5-6-13-31(30)33)43-37(51)44-35(23-34(40)39(2,3)4)42-28-24-41-48(25-28)22-21-47-18-9-10-19-47/h5-6,12-14,17,23-27,32-33,40,42H,7-11,15-16,18-22H2,1-4H3,(H2,43,44,51)/b35-23+,40-34?/t27-,32-,33+/m0/s1. The first-order chi connectivity index (χ1) is 25.1. The summed E-state index contributed by atoms with van der Waals surface area (Å²) in [6.07, 6.45) is 14.7. The Balaban J connectivity index is 1.03. The number of fused-ring (bicyclic) bond motifs is 2. The van der Waals surface area contributed by atoms with Crippen molar-refractivity contribution in [1.82, 2.24) is 39.9 Å². The van der Waals surface area contributed by atoms with Crippen LogP contribution < -0.4 is 25.6 Å². The van der Waals surface area contributed by atoms with Crippen molar-refractivity contribution in [3.8, 4) is 5.75 Å². The average Bonchev–Trinajstić information content (AvgIpc) is 3.90. The van der Waals surface area contributed by atoms with Gasteiger partial charge in [-0.3, -0.25) is 14.4 Å². The molecule has 3 aromatic heterocycles. The number of ether oxygens (including phenoxy) is 1. The van der Waals surface area contributed by atoms with Crippen molar-refractivity contribution in [2.75, 3.05) is 36.4 Å². The Morgan fingerprint density at radius 1 is 0.962 bits per heavy atom. The first-order valence-electron chi connectivity index (χ1n) is 18.9. The van der Waals surface area contributed by atoms with Crippen molar-refractivity contribution in [2.45, 2.75) is 97.4 Å². The van der Waals surface area contributed by atoms with Crippen LogP contribution in [0.1, 0.15) is 95.9 Å². The van der Waals surface area contributed by atoms with Gasteiger partial charge < -0.3 is 30.6 Å². The maximum Gasteiger partial charge on any atom is 0.320 e. The highest BCUT2D eigenvalue weighted by atomic mass is 16.5. The van der Waals surface area contributed by atoms with Gasteiger partial charge in [-0.05, 0) is 88.2 Å². The quantitative estimate of drug-likeness (QED) is 0.127. The summed E-state index contributed by atoms with van der Waals surface area (Å²) in [7, 11) is 0. The van der Waals surface area contributed by atoms with Gasteiger partial charge in [-0.15, -0.1) is 10.2 Å². The number of anilines is 2. The molecule has 2 fully saturated rings. The summed E-state index contributed by atoms with van der Waals surface area (Å²) in [5, 5.41) is 31.7. The number of nitrogens with zero attached hydrogens (tertiary/aromatic N) is 7. The number of likely N-dealkylation sites (tertiary alicyclic amines) is 1. The third-order valence-corrected chi connectivity index (χ3v) is 10.5. The molecule has 0 unspecified atom stereocenters. The molecule has 13 nitrogen and oxygen atoms in total. The molecule has 0 spiro atoms. The first kappa shape index (κ1) is 35.5. The summed E-state index contributed by atoms with van der Waals surface area (Å²) in [5.74, 6) is 2.03. The van der Waals surface area contributed by atoms with E-state index in [4.69, 9.17) is 10.1 Å². The van der Waals surface area contributed by atoms with E-state index in [0.717, 1.165) is 86.1 Å². The fraction of sp³-hybridized carbons (Fsp3) is 0.513. The lowest BCUT2D eigenvalue weighted by molar-refractivity contribution is 0.171. The minimum absolute atomic E-state index is 0.171. The van der Waals surface area contributed by atoms with Gasteiger partial charge in [-0.2, -0.15) is 5.10 Å². The second-order valence-corrected chi connectivity index (χ2v) is 15.5. The summed E-state index contributed by atoms with van der Waals surface area (Å²) in [5.41, 5.74) is 3.63. The van der Waals surface area contributed by atoms with E-state index in [9.17, 15) is 4.79 Å². The molecule has 13 heteroatoms. The highest BCUT2D eigenvalue weighted by Gasteiger charge is 2.30. The molecule has 52 heavy (non-hydrogen) atoms. The molecular weight excluding hydrogens is 655 g/mol. The number of carbonyl (C=O) groups is 1. The molecule has 2 aliphatic heterocycles. The van der Waals surface area contributed by atoms with Crippen LogP contribution in [0.3, 0.4) is 0 Å². The van der Waals surface area contributed by atoms with Crippen LogP contribution in [0.15, 0.2) is 66.9 Å². The summed E-state index contributed by atoms with van der Waals surface area (Å²) in [6.45, 7) is 13.2. The van der Waals surface area contributed by atoms with Crippen LogP contribution >= 0.6 is 0 Å². The van der Waals surface area contributed by atoms with Gasteiger partial charge in [-0.25, -0.2) is 4.79 Å².